The Morgan fingerprint density at radius 3 is 2.41 bits per heavy atom. The van der Waals surface area contributed by atoms with Crippen molar-refractivity contribution in [3.05, 3.63) is 71.8 Å². The van der Waals surface area contributed by atoms with Gasteiger partial charge in [-0.3, -0.25) is 10.2 Å². The fraction of sp³-hybridized carbons (Fsp3) is 0.160. The van der Waals surface area contributed by atoms with Crippen LogP contribution < -0.4 is 25.1 Å². The number of nitrogens with one attached hydrogen (secondary N) is 2. The first-order valence-electron chi connectivity index (χ1n) is 10.4. The van der Waals surface area contributed by atoms with Gasteiger partial charge in [0.25, 0.3) is 5.91 Å². The number of carbonyl (C=O) groups excluding carboxylic acids is 1. The number of hydrazone groups is 2. The maximum absolute atomic E-state index is 12.4. The summed E-state index contributed by atoms with van der Waals surface area (Å²) in [6.07, 6.45) is 0. The highest BCUT2D eigenvalue weighted by Crippen LogP contribution is 2.33. The van der Waals surface area contributed by atoms with E-state index in [0.717, 1.165) is 16.7 Å². The quantitative estimate of drug-likeness (QED) is 0.445. The summed E-state index contributed by atoms with van der Waals surface area (Å²) in [6.45, 7) is -0.0604. The van der Waals surface area contributed by atoms with E-state index in [1.807, 2.05) is 36.4 Å². The van der Waals surface area contributed by atoms with Crippen molar-refractivity contribution in [1.82, 2.24) is 5.43 Å². The number of benzene rings is 3. The van der Waals surface area contributed by atoms with Crippen LogP contribution in [0, 0.1) is 0 Å². The molecule has 0 bridgehead atoms. The van der Waals surface area contributed by atoms with E-state index >= 15 is 0 Å². The second kappa shape index (κ2) is 10.1. The fourth-order valence-corrected chi connectivity index (χ4v) is 3.57. The van der Waals surface area contributed by atoms with Gasteiger partial charge >= 0.3 is 0 Å². The van der Waals surface area contributed by atoms with E-state index in [0.29, 0.717) is 34.2 Å². The van der Waals surface area contributed by atoms with Crippen LogP contribution in [0.3, 0.4) is 0 Å². The van der Waals surface area contributed by atoms with Crippen LogP contribution >= 0.6 is 0 Å². The Kier molecular flexibility index (Phi) is 6.74. The zero-order valence-corrected chi connectivity index (χ0v) is 19.0. The van der Waals surface area contributed by atoms with Crippen LogP contribution in [0.4, 0.5) is 5.69 Å². The van der Waals surface area contributed by atoms with Gasteiger partial charge in [0, 0.05) is 11.1 Å². The predicted octanol–water partition coefficient (Wildman–Crippen LogP) is 3.17. The summed E-state index contributed by atoms with van der Waals surface area (Å²) in [6, 6.07) is 18.2. The van der Waals surface area contributed by atoms with E-state index in [-0.39, 0.29) is 12.3 Å². The first-order valence-corrected chi connectivity index (χ1v) is 10.4. The van der Waals surface area contributed by atoms with Gasteiger partial charge in [-0.25, -0.2) is 5.43 Å². The molecule has 1 amide bonds. The molecule has 9 nitrogen and oxygen atoms in total. The molecule has 0 unspecified atom stereocenters. The standard InChI is InChI=1S/C25H24N4O5/c1-32-20-10-8-18(13-19(20)16-6-4-5-15(11-16)14-30)26-28-24-23(27-29-25(24)31)17-7-9-21(33-2)22(12-17)34-3/h4-13,26,30H,14H2,1-3H3,(H,28,29,31). The van der Waals surface area contributed by atoms with E-state index in [1.165, 1.54) is 7.11 Å². The van der Waals surface area contributed by atoms with E-state index in [9.17, 15) is 9.90 Å². The molecule has 1 aliphatic heterocycles. The average Bonchev–Trinajstić information content (AvgIpc) is 3.26. The molecule has 0 aliphatic carbocycles. The highest BCUT2D eigenvalue weighted by molar-refractivity contribution is 6.72. The smallest absolute Gasteiger partial charge is 0.294 e. The van der Waals surface area contributed by atoms with Crippen molar-refractivity contribution in [2.24, 2.45) is 10.2 Å². The lowest BCUT2D eigenvalue weighted by Crippen LogP contribution is -2.25. The highest BCUT2D eigenvalue weighted by Gasteiger charge is 2.27. The summed E-state index contributed by atoms with van der Waals surface area (Å²) in [5.74, 6) is 1.32. The number of carbonyl (C=O) groups is 1. The molecule has 0 spiro atoms. The third-order valence-corrected chi connectivity index (χ3v) is 5.28. The first kappa shape index (κ1) is 22.8. The minimum absolute atomic E-state index is 0.0604. The van der Waals surface area contributed by atoms with E-state index in [4.69, 9.17) is 14.2 Å². The number of anilines is 1. The highest BCUT2D eigenvalue weighted by atomic mass is 16.5. The number of aliphatic hydroxyl groups excluding tert-OH is 1. The van der Waals surface area contributed by atoms with Crippen LogP contribution in [0.1, 0.15) is 11.1 Å². The van der Waals surface area contributed by atoms with Gasteiger partial charge in [-0.05, 0) is 53.6 Å². The largest absolute Gasteiger partial charge is 0.496 e. The number of aliphatic hydroxyl groups is 1. The summed E-state index contributed by atoms with van der Waals surface area (Å²) in [7, 11) is 4.68. The molecule has 1 aliphatic rings. The molecule has 174 valence electrons. The molecule has 0 aromatic heterocycles. The summed E-state index contributed by atoms with van der Waals surface area (Å²) in [5, 5.41) is 17.9. The molecule has 0 saturated heterocycles. The Labute approximate surface area is 196 Å². The van der Waals surface area contributed by atoms with Crippen molar-refractivity contribution in [2.75, 3.05) is 26.8 Å². The van der Waals surface area contributed by atoms with Gasteiger partial charge < -0.3 is 19.3 Å². The SMILES string of the molecule is COc1ccc(C2=NNC(=O)/C2=N/Nc2ccc(OC)c(-c3cccc(CO)c3)c2)cc1OC. The zero-order chi connectivity index (χ0) is 24.1. The van der Waals surface area contributed by atoms with Gasteiger partial charge in [0.2, 0.25) is 0 Å². The Morgan fingerprint density at radius 1 is 0.912 bits per heavy atom. The van der Waals surface area contributed by atoms with E-state index in [2.05, 4.69) is 21.1 Å². The molecule has 0 radical (unpaired) electrons. The molecule has 34 heavy (non-hydrogen) atoms. The summed E-state index contributed by atoms with van der Waals surface area (Å²) in [5.41, 5.74) is 9.67. The first-order chi connectivity index (χ1) is 16.6. The van der Waals surface area contributed by atoms with Crippen molar-refractivity contribution < 1.29 is 24.1 Å². The number of hydrogen-bond acceptors (Lipinski definition) is 8. The molecular weight excluding hydrogens is 436 g/mol. The third kappa shape index (κ3) is 4.55. The van der Waals surface area contributed by atoms with Crippen LogP contribution in [0.2, 0.25) is 0 Å². The van der Waals surface area contributed by atoms with Crippen molar-refractivity contribution in [3.8, 4) is 28.4 Å². The molecule has 4 rings (SSSR count). The molecule has 9 heteroatoms. The van der Waals surface area contributed by atoms with Crippen molar-refractivity contribution >= 4 is 23.0 Å². The normalized spacial score (nSPS) is 13.9. The van der Waals surface area contributed by atoms with Crippen molar-refractivity contribution in [3.63, 3.8) is 0 Å². The number of nitrogens with zero attached hydrogens (tertiary/aromatic N) is 2. The lowest BCUT2D eigenvalue weighted by molar-refractivity contribution is -0.114. The van der Waals surface area contributed by atoms with Crippen LogP contribution in [0.25, 0.3) is 11.1 Å². The Morgan fingerprint density at radius 2 is 1.68 bits per heavy atom. The monoisotopic (exact) mass is 460 g/mol. The molecule has 1 heterocycles. The number of ether oxygens (including phenoxy) is 3. The minimum atomic E-state index is -0.429. The van der Waals surface area contributed by atoms with Gasteiger partial charge in [0.15, 0.2) is 17.2 Å². The maximum Gasteiger partial charge on any atom is 0.294 e. The number of methoxy groups -OCH3 is 3. The average molecular weight is 460 g/mol. The Hall–Kier alpha value is -4.37. The lowest BCUT2D eigenvalue weighted by atomic mass is 10.0. The summed E-state index contributed by atoms with van der Waals surface area (Å²) >= 11 is 0. The van der Waals surface area contributed by atoms with E-state index in [1.54, 1.807) is 38.5 Å². The number of rotatable bonds is 8. The number of hydrogen-bond donors (Lipinski definition) is 3. The second-order valence-corrected chi connectivity index (χ2v) is 7.32. The van der Waals surface area contributed by atoms with Crippen LogP contribution in [0.5, 0.6) is 17.2 Å². The predicted molar refractivity (Wildman–Crippen MR) is 130 cm³/mol. The van der Waals surface area contributed by atoms with Gasteiger partial charge in [0.1, 0.15) is 11.5 Å². The van der Waals surface area contributed by atoms with Crippen molar-refractivity contribution in [2.45, 2.75) is 6.61 Å². The third-order valence-electron chi connectivity index (χ3n) is 5.28. The summed E-state index contributed by atoms with van der Waals surface area (Å²) in [4.78, 5) is 12.4. The Balaban J connectivity index is 1.65. The second-order valence-electron chi connectivity index (χ2n) is 7.32. The molecule has 3 aromatic carbocycles. The summed E-state index contributed by atoms with van der Waals surface area (Å²) < 4.78 is 16.1. The molecular formula is C25H24N4O5. The Bertz CT molecular complexity index is 1290. The van der Waals surface area contributed by atoms with Crippen LogP contribution in [0.15, 0.2) is 70.9 Å². The molecule has 3 aromatic rings. The molecule has 0 fully saturated rings. The fourth-order valence-electron chi connectivity index (χ4n) is 3.57. The van der Waals surface area contributed by atoms with E-state index < -0.39 is 5.91 Å². The van der Waals surface area contributed by atoms with Crippen LogP contribution in [-0.2, 0) is 11.4 Å². The topological polar surface area (TPSA) is 114 Å². The van der Waals surface area contributed by atoms with Gasteiger partial charge in [-0.2, -0.15) is 10.2 Å². The van der Waals surface area contributed by atoms with Crippen molar-refractivity contribution in [1.29, 1.82) is 0 Å². The molecule has 0 atom stereocenters. The number of amides is 1. The minimum Gasteiger partial charge on any atom is -0.496 e. The van der Waals surface area contributed by atoms with Crippen LogP contribution in [-0.4, -0.2) is 43.8 Å². The maximum atomic E-state index is 12.4. The van der Waals surface area contributed by atoms with Gasteiger partial charge in [0.05, 0.1) is 33.6 Å². The van der Waals surface area contributed by atoms with Gasteiger partial charge in [-0.15, -0.1) is 0 Å². The molecule has 0 saturated carbocycles. The molecule has 3 N–H and O–H groups in total. The lowest BCUT2D eigenvalue weighted by Gasteiger charge is -2.12. The van der Waals surface area contributed by atoms with Gasteiger partial charge in [-0.1, -0.05) is 18.2 Å². The zero-order valence-electron chi connectivity index (χ0n) is 19.0.